The third kappa shape index (κ3) is 1.94. The Kier molecular flexibility index (Phi) is 2.89. The van der Waals surface area contributed by atoms with E-state index in [1.807, 2.05) is 36.5 Å². The molecule has 0 saturated heterocycles. The van der Waals surface area contributed by atoms with Crippen LogP contribution in [0, 0.1) is 0 Å². The van der Waals surface area contributed by atoms with Gasteiger partial charge >= 0.3 is 0 Å². The number of benzene rings is 1. The molecule has 4 heteroatoms. The molecule has 3 rings (SSSR count). The Hall–Kier alpha value is -1.65. The van der Waals surface area contributed by atoms with Gasteiger partial charge in [0.2, 0.25) is 0 Å². The van der Waals surface area contributed by atoms with Gasteiger partial charge in [-0.25, -0.2) is 0 Å². The minimum absolute atomic E-state index is 0.672. The van der Waals surface area contributed by atoms with E-state index in [2.05, 4.69) is 25.9 Å². The number of nitrogens with zero attached hydrogens (tertiary/aromatic N) is 1. The molecule has 0 aliphatic rings. The van der Waals surface area contributed by atoms with Crippen LogP contribution >= 0.6 is 15.9 Å². The van der Waals surface area contributed by atoms with E-state index in [1.54, 1.807) is 12.4 Å². The highest BCUT2D eigenvalue weighted by atomic mass is 79.9. The first-order chi connectivity index (χ1) is 8.75. The number of aromatic nitrogens is 2. The van der Waals surface area contributed by atoms with Crippen LogP contribution in [0.15, 0.2) is 53.4 Å². The highest BCUT2D eigenvalue weighted by Crippen LogP contribution is 2.29. The van der Waals surface area contributed by atoms with Crippen LogP contribution in [0.3, 0.4) is 0 Å². The average molecular weight is 303 g/mol. The minimum atomic E-state index is -0.672. The SMILES string of the molecule is OC(c1cncc(Br)c1)c1cccc2[nH]ccc12. The molecular weight excluding hydrogens is 292 g/mol. The van der Waals surface area contributed by atoms with Crippen molar-refractivity contribution in [2.24, 2.45) is 0 Å². The summed E-state index contributed by atoms with van der Waals surface area (Å²) in [5.74, 6) is 0. The first-order valence-corrected chi connectivity index (χ1v) is 6.39. The molecule has 18 heavy (non-hydrogen) atoms. The maximum Gasteiger partial charge on any atom is 0.106 e. The van der Waals surface area contributed by atoms with Crippen LogP contribution in [-0.2, 0) is 0 Å². The number of aliphatic hydroxyl groups is 1. The quantitative estimate of drug-likeness (QED) is 0.762. The summed E-state index contributed by atoms with van der Waals surface area (Å²) in [5, 5.41) is 11.5. The van der Waals surface area contributed by atoms with Crippen molar-refractivity contribution in [1.82, 2.24) is 9.97 Å². The van der Waals surface area contributed by atoms with E-state index in [9.17, 15) is 5.11 Å². The lowest BCUT2D eigenvalue weighted by molar-refractivity contribution is 0.221. The Morgan fingerprint density at radius 1 is 1.22 bits per heavy atom. The van der Waals surface area contributed by atoms with Crippen LogP contribution < -0.4 is 0 Å². The van der Waals surface area contributed by atoms with Crippen molar-refractivity contribution in [3.63, 3.8) is 0 Å². The monoisotopic (exact) mass is 302 g/mol. The summed E-state index contributed by atoms with van der Waals surface area (Å²) in [6.45, 7) is 0. The zero-order chi connectivity index (χ0) is 12.5. The van der Waals surface area contributed by atoms with Crippen LogP contribution in [0.1, 0.15) is 17.2 Å². The molecule has 2 heterocycles. The number of hydrogen-bond acceptors (Lipinski definition) is 2. The fourth-order valence-corrected chi connectivity index (χ4v) is 2.49. The number of aliphatic hydroxyl groups excluding tert-OH is 1. The minimum Gasteiger partial charge on any atom is -0.384 e. The van der Waals surface area contributed by atoms with Crippen molar-refractivity contribution in [1.29, 1.82) is 0 Å². The Bertz CT molecular complexity index is 693. The molecule has 90 valence electrons. The lowest BCUT2D eigenvalue weighted by Crippen LogP contribution is -2.00. The van der Waals surface area contributed by atoms with Gasteiger partial charge in [0.15, 0.2) is 0 Å². The van der Waals surface area contributed by atoms with Gasteiger partial charge in [0, 0.05) is 39.5 Å². The first-order valence-electron chi connectivity index (χ1n) is 5.60. The van der Waals surface area contributed by atoms with E-state index in [4.69, 9.17) is 0 Å². The number of nitrogens with one attached hydrogen (secondary N) is 1. The molecule has 1 atom stereocenters. The third-order valence-electron chi connectivity index (χ3n) is 2.97. The predicted octanol–water partition coefficient (Wildman–Crippen LogP) is 3.41. The molecule has 0 aliphatic carbocycles. The maximum atomic E-state index is 10.5. The Morgan fingerprint density at radius 3 is 2.94 bits per heavy atom. The lowest BCUT2D eigenvalue weighted by Gasteiger charge is -2.12. The molecule has 3 nitrogen and oxygen atoms in total. The molecule has 0 bridgehead atoms. The van der Waals surface area contributed by atoms with Crippen LogP contribution in [0.4, 0.5) is 0 Å². The fraction of sp³-hybridized carbons (Fsp3) is 0.0714. The first kappa shape index (κ1) is 11.4. The average Bonchev–Trinajstić information content (AvgIpc) is 2.86. The number of rotatable bonds is 2. The van der Waals surface area contributed by atoms with Gasteiger partial charge in [0.25, 0.3) is 0 Å². The van der Waals surface area contributed by atoms with Crippen molar-refractivity contribution < 1.29 is 5.11 Å². The molecule has 0 radical (unpaired) electrons. The highest BCUT2D eigenvalue weighted by molar-refractivity contribution is 9.10. The highest BCUT2D eigenvalue weighted by Gasteiger charge is 2.14. The second-order valence-electron chi connectivity index (χ2n) is 4.13. The van der Waals surface area contributed by atoms with Crippen molar-refractivity contribution in [2.75, 3.05) is 0 Å². The van der Waals surface area contributed by atoms with E-state index in [-0.39, 0.29) is 0 Å². The molecule has 3 aromatic rings. The summed E-state index contributed by atoms with van der Waals surface area (Å²) in [7, 11) is 0. The summed E-state index contributed by atoms with van der Waals surface area (Å²) < 4.78 is 0.861. The molecular formula is C14H11BrN2O. The topological polar surface area (TPSA) is 48.9 Å². The zero-order valence-corrected chi connectivity index (χ0v) is 11.1. The van der Waals surface area contributed by atoms with E-state index in [0.717, 1.165) is 26.5 Å². The molecule has 1 unspecified atom stereocenters. The van der Waals surface area contributed by atoms with Crippen molar-refractivity contribution in [3.05, 3.63) is 64.5 Å². The molecule has 0 fully saturated rings. The Morgan fingerprint density at radius 2 is 2.11 bits per heavy atom. The number of H-pyrrole nitrogens is 1. The van der Waals surface area contributed by atoms with E-state index in [1.165, 1.54) is 0 Å². The fourth-order valence-electron chi connectivity index (χ4n) is 2.11. The number of aromatic amines is 1. The summed E-state index contributed by atoms with van der Waals surface area (Å²) in [4.78, 5) is 7.23. The summed E-state index contributed by atoms with van der Waals surface area (Å²) in [6.07, 6.45) is 4.59. The Labute approximate surface area is 113 Å². The molecule has 0 amide bonds. The molecule has 0 spiro atoms. The molecule has 1 aromatic carbocycles. The standard InChI is InChI=1S/C14H11BrN2O/c15-10-6-9(7-16-8-10)14(18)12-2-1-3-13-11(12)4-5-17-13/h1-8,14,17-18H. The van der Waals surface area contributed by atoms with E-state index >= 15 is 0 Å². The Balaban J connectivity index is 2.12. The van der Waals surface area contributed by atoms with Crippen molar-refractivity contribution in [3.8, 4) is 0 Å². The second-order valence-corrected chi connectivity index (χ2v) is 5.04. The van der Waals surface area contributed by atoms with E-state index in [0.29, 0.717) is 0 Å². The number of halogens is 1. The summed E-state index contributed by atoms with van der Waals surface area (Å²) in [6, 6.07) is 9.71. The van der Waals surface area contributed by atoms with Crippen LogP contribution in [0.25, 0.3) is 10.9 Å². The normalized spacial score (nSPS) is 12.8. The third-order valence-corrected chi connectivity index (χ3v) is 3.40. The van der Waals surface area contributed by atoms with Crippen LogP contribution in [-0.4, -0.2) is 15.1 Å². The number of hydrogen-bond donors (Lipinski definition) is 2. The van der Waals surface area contributed by atoms with Crippen molar-refractivity contribution in [2.45, 2.75) is 6.10 Å². The molecule has 2 N–H and O–H groups in total. The van der Waals surface area contributed by atoms with Gasteiger partial charge in [0.05, 0.1) is 0 Å². The van der Waals surface area contributed by atoms with Gasteiger partial charge in [-0.05, 0) is 39.7 Å². The van der Waals surface area contributed by atoms with Crippen LogP contribution in [0.2, 0.25) is 0 Å². The van der Waals surface area contributed by atoms with E-state index < -0.39 is 6.10 Å². The van der Waals surface area contributed by atoms with Gasteiger partial charge in [-0.3, -0.25) is 4.98 Å². The number of pyridine rings is 1. The van der Waals surface area contributed by atoms with Gasteiger partial charge in [0.1, 0.15) is 6.10 Å². The smallest absolute Gasteiger partial charge is 0.106 e. The lowest BCUT2D eigenvalue weighted by atomic mass is 10.00. The van der Waals surface area contributed by atoms with Crippen molar-refractivity contribution >= 4 is 26.8 Å². The predicted molar refractivity (Wildman–Crippen MR) is 74.3 cm³/mol. The molecule has 0 aliphatic heterocycles. The van der Waals surface area contributed by atoms with Gasteiger partial charge in [-0.1, -0.05) is 12.1 Å². The zero-order valence-electron chi connectivity index (χ0n) is 9.47. The largest absolute Gasteiger partial charge is 0.384 e. The summed E-state index contributed by atoms with van der Waals surface area (Å²) in [5.41, 5.74) is 2.68. The summed E-state index contributed by atoms with van der Waals surface area (Å²) >= 11 is 3.37. The van der Waals surface area contributed by atoms with Gasteiger partial charge in [-0.2, -0.15) is 0 Å². The maximum absolute atomic E-state index is 10.5. The van der Waals surface area contributed by atoms with Gasteiger partial charge < -0.3 is 10.1 Å². The second kappa shape index (κ2) is 4.55. The molecule has 2 aromatic heterocycles. The molecule has 0 saturated carbocycles. The van der Waals surface area contributed by atoms with Crippen LogP contribution in [0.5, 0.6) is 0 Å². The number of fused-ring (bicyclic) bond motifs is 1. The van der Waals surface area contributed by atoms with Gasteiger partial charge in [-0.15, -0.1) is 0 Å².